The average Bonchev–Trinajstić information content (AvgIpc) is 2.99. The Hall–Kier alpha value is -2.18. The van der Waals surface area contributed by atoms with Gasteiger partial charge in [-0.3, -0.25) is 9.69 Å². The van der Waals surface area contributed by atoms with Crippen LogP contribution in [0.5, 0.6) is 0 Å². The molecule has 1 amide bonds. The van der Waals surface area contributed by atoms with Crippen molar-refractivity contribution in [2.75, 3.05) is 18.5 Å². The quantitative estimate of drug-likeness (QED) is 0.766. The van der Waals surface area contributed by atoms with Crippen molar-refractivity contribution >= 4 is 28.2 Å². The number of hydrogen-bond acceptors (Lipinski definition) is 5. The molecule has 1 N–H and O–H groups in total. The second-order valence-electron chi connectivity index (χ2n) is 6.95. The molecule has 1 aromatic carbocycles. The van der Waals surface area contributed by atoms with Crippen LogP contribution in [0.25, 0.3) is 0 Å². The molecule has 144 valence electrons. The minimum Gasteiger partial charge on any atom is -0.462 e. The van der Waals surface area contributed by atoms with Crippen LogP contribution in [0.1, 0.15) is 47.1 Å². The van der Waals surface area contributed by atoms with Gasteiger partial charge in [0.1, 0.15) is 5.00 Å². The van der Waals surface area contributed by atoms with Gasteiger partial charge >= 0.3 is 5.97 Å². The fourth-order valence-electron chi connectivity index (χ4n) is 3.32. The number of benzene rings is 1. The van der Waals surface area contributed by atoms with Gasteiger partial charge in [0.15, 0.2) is 0 Å². The molecule has 2 aromatic rings. The van der Waals surface area contributed by atoms with E-state index < -0.39 is 0 Å². The average molecular weight is 387 g/mol. The van der Waals surface area contributed by atoms with Crippen LogP contribution >= 0.6 is 11.3 Å². The summed E-state index contributed by atoms with van der Waals surface area (Å²) < 4.78 is 5.27. The molecule has 0 atom stereocenters. The summed E-state index contributed by atoms with van der Waals surface area (Å²) in [6.07, 6.45) is 1.08. The van der Waals surface area contributed by atoms with E-state index in [0.717, 1.165) is 35.5 Å². The van der Waals surface area contributed by atoms with Crippen molar-refractivity contribution in [3.05, 3.63) is 51.9 Å². The highest BCUT2D eigenvalue weighted by atomic mass is 32.1. The second kappa shape index (κ2) is 8.67. The first-order chi connectivity index (χ1) is 13.0. The van der Waals surface area contributed by atoms with Gasteiger partial charge in [0.05, 0.1) is 18.6 Å². The number of carbonyl (C=O) groups is 2. The van der Waals surface area contributed by atoms with Gasteiger partial charge in [-0.05, 0) is 38.3 Å². The Morgan fingerprint density at radius 1 is 1.26 bits per heavy atom. The molecule has 0 bridgehead atoms. The SMILES string of the molecule is CCOC(=O)c1c(NC(=O)Cc2ccccc2)sc2c1CCN(C(C)C)C2. The minimum atomic E-state index is -0.344. The fourth-order valence-corrected chi connectivity index (χ4v) is 4.60. The molecule has 3 rings (SSSR count). The van der Waals surface area contributed by atoms with Crippen LogP contribution in [-0.2, 0) is 28.9 Å². The van der Waals surface area contributed by atoms with Gasteiger partial charge < -0.3 is 10.1 Å². The van der Waals surface area contributed by atoms with Crippen molar-refractivity contribution in [1.82, 2.24) is 4.90 Å². The third-order valence-corrected chi connectivity index (χ3v) is 5.89. The van der Waals surface area contributed by atoms with Crippen molar-refractivity contribution in [3.63, 3.8) is 0 Å². The number of carbonyl (C=O) groups excluding carboxylic acids is 2. The third-order valence-electron chi connectivity index (χ3n) is 4.76. The number of ether oxygens (including phenoxy) is 1. The molecule has 0 unspecified atom stereocenters. The fraction of sp³-hybridized carbons (Fsp3) is 0.429. The van der Waals surface area contributed by atoms with Crippen LogP contribution in [0.2, 0.25) is 0 Å². The second-order valence-corrected chi connectivity index (χ2v) is 8.06. The van der Waals surface area contributed by atoms with Crippen molar-refractivity contribution < 1.29 is 14.3 Å². The highest BCUT2D eigenvalue weighted by molar-refractivity contribution is 7.17. The lowest BCUT2D eigenvalue weighted by atomic mass is 10.0. The topological polar surface area (TPSA) is 58.6 Å². The van der Waals surface area contributed by atoms with Gasteiger partial charge in [-0.2, -0.15) is 0 Å². The Labute approximate surface area is 164 Å². The maximum atomic E-state index is 12.6. The molecule has 0 saturated carbocycles. The Kier molecular flexibility index (Phi) is 6.29. The van der Waals surface area contributed by atoms with Crippen molar-refractivity contribution in [3.8, 4) is 0 Å². The summed E-state index contributed by atoms with van der Waals surface area (Å²) >= 11 is 1.50. The van der Waals surface area contributed by atoms with Crippen molar-refractivity contribution in [1.29, 1.82) is 0 Å². The molecule has 0 aliphatic carbocycles. The van der Waals surface area contributed by atoms with Crippen LogP contribution in [0, 0.1) is 0 Å². The zero-order chi connectivity index (χ0) is 19.4. The van der Waals surface area contributed by atoms with Gasteiger partial charge in [-0.15, -0.1) is 11.3 Å². The Bertz CT molecular complexity index is 814. The normalized spacial score (nSPS) is 14.1. The highest BCUT2D eigenvalue weighted by Crippen LogP contribution is 2.38. The van der Waals surface area contributed by atoms with E-state index in [1.54, 1.807) is 6.92 Å². The van der Waals surface area contributed by atoms with Crippen molar-refractivity contribution in [2.24, 2.45) is 0 Å². The van der Waals surface area contributed by atoms with Gasteiger partial charge in [-0.1, -0.05) is 30.3 Å². The Balaban J connectivity index is 1.85. The molecule has 0 radical (unpaired) electrons. The summed E-state index contributed by atoms with van der Waals surface area (Å²) in [6, 6.07) is 10.0. The monoisotopic (exact) mass is 386 g/mol. The van der Waals surface area contributed by atoms with E-state index in [2.05, 4.69) is 24.1 Å². The number of amides is 1. The van der Waals surface area contributed by atoms with E-state index in [4.69, 9.17) is 4.74 Å². The molecule has 1 aliphatic heterocycles. The zero-order valence-corrected chi connectivity index (χ0v) is 16.9. The summed E-state index contributed by atoms with van der Waals surface area (Å²) in [5.74, 6) is -0.464. The van der Waals surface area contributed by atoms with E-state index in [-0.39, 0.29) is 18.3 Å². The van der Waals surface area contributed by atoms with E-state index in [1.807, 2.05) is 30.3 Å². The van der Waals surface area contributed by atoms with E-state index >= 15 is 0 Å². The number of esters is 1. The van der Waals surface area contributed by atoms with Gasteiger partial charge in [0.25, 0.3) is 0 Å². The highest BCUT2D eigenvalue weighted by Gasteiger charge is 2.30. The molecule has 27 heavy (non-hydrogen) atoms. The number of thiophene rings is 1. The lowest BCUT2D eigenvalue weighted by Crippen LogP contribution is -2.35. The standard InChI is InChI=1S/C21H26N2O3S/c1-4-26-21(25)19-16-10-11-23(14(2)3)13-17(16)27-20(19)22-18(24)12-15-8-6-5-7-9-15/h5-9,14H,4,10-13H2,1-3H3,(H,22,24). The largest absolute Gasteiger partial charge is 0.462 e. The maximum Gasteiger partial charge on any atom is 0.341 e. The van der Waals surface area contributed by atoms with Crippen LogP contribution in [0.15, 0.2) is 30.3 Å². The number of fused-ring (bicyclic) bond motifs is 1. The van der Waals surface area contributed by atoms with Crippen LogP contribution in [-0.4, -0.2) is 36.0 Å². The lowest BCUT2D eigenvalue weighted by Gasteiger charge is -2.30. The summed E-state index contributed by atoms with van der Waals surface area (Å²) in [5, 5.41) is 3.58. The van der Waals surface area contributed by atoms with Crippen LogP contribution < -0.4 is 5.32 Å². The zero-order valence-electron chi connectivity index (χ0n) is 16.1. The summed E-state index contributed by atoms with van der Waals surface area (Å²) in [5.41, 5.74) is 2.52. The summed E-state index contributed by atoms with van der Waals surface area (Å²) in [7, 11) is 0. The minimum absolute atomic E-state index is 0.119. The van der Waals surface area contributed by atoms with E-state index in [1.165, 1.54) is 11.3 Å². The molecule has 0 fully saturated rings. The molecule has 1 aromatic heterocycles. The maximum absolute atomic E-state index is 12.6. The molecule has 5 nitrogen and oxygen atoms in total. The number of anilines is 1. The number of hydrogen-bond donors (Lipinski definition) is 1. The van der Waals surface area contributed by atoms with Crippen LogP contribution in [0.4, 0.5) is 5.00 Å². The smallest absolute Gasteiger partial charge is 0.341 e. The summed E-state index contributed by atoms with van der Waals surface area (Å²) in [4.78, 5) is 28.6. The molecular formula is C21H26N2O3S. The number of nitrogens with zero attached hydrogens (tertiary/aromatic N) is 1. The molecule has 0 spiro atoms. The third kappa shape index (κ3) is 4.57. The number of nitrogens with one attached hydrogen (secondary N) is 1. The predicted molar refractivity (Wildman–Crippen MR) is 108 cm³/mol. The first-order valence-electron chi connectivity index (χ1n) is 9.39. The number of rotatable bonds is 6. The summed E-state index contributed by atoms with van der Waals surface area (Å²) in [6.45, 7) is 8.18. The van der Waals surface area contributed by atoms with Crippen molar-refractivity contribution in [2.45, 2.75) is 46.2 Å². The molecule has 2 heterocycles. The first-order valence-corrected chi connectivity index (χ1v) is 10.2. The van der Waals surface area contributed by atoms with E-state index in [0.29, 0.717) is 23.2 Å². The molecule has 6 heteroatoms. The van der Waals surface area contributed by atoms with Gasteiger partial charge in [-0.25, -0.2) is 4.79 Å². The lowest BCUT2D eigenvalue weighted by molar-refractivity contribution is -0.115. The first kappa shape index (κ1) is 19.6. The van der Waals surface area contributed by atoms with Gasteiger partial charge in [0.2, 0.25) is 5.91 Å². The Morgan fingerprint density at radius 2 is 2.00 bits per heavy atom. The van der Waals surface area contributed by atoms with E-state index in [9.17, 15) is 9.59 Å². The van der Waals surface area contributed by atoms with Gasteiger partial charge in [0, 0.05) is 24.0 Å². The molecule has 1 aliphatic rings. The molecular weight excluding hydrogens is 360 g/mol. The molecule has 0 saturated heterocycles. The Morgan fingerprint density at radius 3 is 2.67 bits per heavy atom. The van der Waals surface area contributed by atoms with Crippen LogP contribution in [0.3, 0.4) is 0 Å². The predicted octanol–water partition coefficient (Wildman–Crippen LogP) is 3.87.